The van der Waals surface area contributed by atoms with E-state index in [4.69, 9.17) is 0 Å². The van der Waals surface area contributed by atoms with Crippen molar-refractivity contribution in [2.24, 2.45) is 0 Å². The van der Waals surface area contributed by atoms with E-state index in [0.29, 0.717) is 0 Å². The van der Waals surface area contributed by atoms with Crippen LogP contribution in [0.4, 0.5) is 0 Å². The van der Waals surface area contributed by atoms with Crippen molar-refractivity contribution in [3.05, 3.63) is 64.5 Å². The predicted octanol–water partition coefficient (Wildman–Crippen LogP) is 3.62. The molecule has 0 saturated carbocycles. The van der Waals surface area contributed by atoms with Gasteiger partial charge in [-0.1, -0.05) is 18.2 Å². The summed E-state index contributed by atoms with van der Waals surface area (Å²) in [6.07, 6.45) is 7.34. The average molecular weight is 338 g/mol. The van der Waals surface area contributed by atoms with E-state index >= 15 is 0 Å². The summed E-state index contributed by atoms with van der Waals surface area (Å²) in [5.74, 6) is 0. The minimum atomic E-state index is 1.08. The number of hydrogen-bond donors (Lipinski definition) is 0. The number of pyridine rings is 1. The molecule has 0 fully saturated rings. The van der Waals surface area contributed by atoms with E-state index in [1.165, 1.54) is 42.6 Å². The van der Waals surface area contributed by atoms with Gasteiger partial charge >= 0.3 is 0 Å². The molecule has 0 atom stereocenters. The first kappa shape index (κ1) is 18.1. The lowest BCUT2D eigenvalue weighted by molar-refractivity contribution is 0.230. The van der Waals surface area contributed by atoms with Crippen LogP contribution < -0.4 is 0 Å². The first-order valence-corrected chi connectivity index (χ1v) is 9.50. The molecule has 3 rings (SSSR count). The molecule has 0 unspecified atom stereocenters. The quantitative estimate of drug-likeness (QED) is 0.769. The van der Waals surface area contributed by atoms with Gasteiger partial charge in [0, 0.05) is 32.0 Å². The summed E-state index contributed by atoms with van der Waals surface area (Å²) in [6, 6.07) is 8.98. The molecule has 3 heteroatoms. The van der Waals surface area contributed by atoms with Crippen molar-refractivity contribution in [2.45, 2.75) is 39.7 Å². The minimum Gasteiger partial charge on any atom is -0.306 e. The standard InChI is InChI=1S/C22H31N3/c1-18-14-21-8-13-25(17-22(21)15-19(18)2)11-5-10-24(3)12-7-20-6-4-9-23-16-20/h4,6,9,14-16H,5,7-8,10-13,17H2,1-3H3. The van der Waals surface area contributed by atoms with E-state index in [2.05, 4.69) is 53.9 Å². The number of rotatable bonds is 7. The predicted molar refractivity (Wildman–Crippen MR) is 105 cm³/mol. The molecule has 25 heavy (non-hydrogen) atoms. The molecule has 0 N–H and O–H groups in total. The lowest BCUT2D eigenvalue weighted by Gasteiger charge is -2.30. The fraction of sp³-hybridized carbons (Fsp3) is 0.500. The van der Waals surface area contributed by atoms with Crippen molar-refractivity contribution < 1.29 is 0 Å². The van der Waals surface area contributed by atoms with Crippen LogP contribution in [0.25, 0.3) is 0 Å². The molecule has 1 aliphatic rings. The van der Waals surface area contributed by atoms with Gasteiger partial charge in [0.15, 0.2) is 0 Å². The number of fused-ring (bicyclic) bond motifs is 1. The van der Waals surface area contributed by atoms with E-state index in [1.54, 1.807) is 11.1 Å². The lowest BCUT2D eigenvalue weighted by Crippen LogP contribution is -2.33. The topological polar surface area (TPSA) is 19.4 Å². The normalized spacial score (nSPS) is 14.7. The molecule has 0 bridgehead atoms. The van der Waals surface area contributed by atoms with Crippen molar-refractivity contribution in [2.75, 3.05) is 33.2 Å². The Labute approximate surface area is 152 Å². The van der Waals surface area contributed by atoms with E-state index in [1.807, 2.05) is 18.5 Å². The Hall–Kier alpha value is -1.71. The van der Waals surface area contributed by atoms with Gasteiger partial charge in [0.05, 0.1) is 0 Å². The second-order valence-electron chi connectivity index (χ2n) is 7.50. The maximum absolute atomic E-state index is 4.19. The van der Waals surface area contributed by atoms with Gasteiger partial charge in [-0.05, 0) is 87.1 Å². The summed E-state index contributed by atoms with van der Waals surface area (Å²) in [5, 5.41) is 0. The molecule has 1 aromatic carbocycles. The first-order valence-electron chi connectivity index (χ1n) is 9.50. The average Bonchev–Trinajstić information content (AvgIpc) is 2.62. The Morgan fingerprint density at radius 2 is 1.92 bits per heavy atom. The molecule has 2 heterocycles. The van der Waals surface area contributed by atoms with Crippen LogP contribution >= 0.6 is 0 Å². The van der Waals surface area contributed by atoms with Crippen LogP contribution in [-0.4, -0.2) is 48.0 Å². The summed E-state index contributed by atoms with van der Waals surface area (Å²) in [6.45, 7) is 10.2. The number of nitrogens with zero attached hydrogens (tertiary/aromatic N) is 3. The van der Waals surface area contributed by atoms with Crippen LogP contribution in [0.15, 0.2) is 36.7 Å². The van der Waals surface area contributed by atoms with E-state index in [0.717, 1.165) is 26.1 Å². The molecule has 1 aromatic heterocycles. The van der Waals surface area contributed by atoms with Crippen LogP contribution in [0.5, 0.6) is 0 Å². The molecule has 134 valence electrons. The van der Waals surface area contributed by atoms with Gasteiger partial charge in [-0.3, -0.25) is 9.88 Å². The summed E-state index contributed by atoms with van der Waals surface area (Å²) in [4.78, 5) is 9.25. The molecule has 3 nitrogen and oxygen atoms in total. The van der Waals surface area contributed by atoms with Crippen molar-refractivity contribution in [3.8, 4) is 0 Å². The van der Waals surface area contributed by atoms with E-state index in [9.17, 15) is 0 Å². The van der Waals surface area contributed by atoms with Gasteiger partial charge in [0.2, 0.25) is 0 Å². The Bertz CT molecular complexity index is 681. The van der Waals surface area contributed by atoms with Crippen LogP contribution in [0.2, 0.25) is 0 Å². The van der Waals surface area contributed by atoms with Gasteiger partial charge in [0.25, 0.3) is 0 Å². The van der Waals surface area contributed by atoms with Gasteiger partial charge < -0.3 is 4.90 Å². The highest BCUT2D eigenvalue weighted by Gasteiger charge is 2.16. The third-order valence-electron chi connectivity index (χ3n) is 5.43. The largest absolute Gasteiger partial charge is 0.306 e. The Morgan fingerprint density at radius 3 is 2.68 bits per heavy atom. The third kappa shape index (κ3) is 5.13. The zero-order chi connectivity index (χ0) is 17.6. The Kier molecular flexibility index (Phi) is 6.22. The monoisotopic (exact) mass is 337 g/mol. The van der Waals surface area contributed by atoms with Crippen molar-refractivity contribution >= 4 is 0 Å². The Balaban J connectivity index is 1.40. The number of likely N-dealkylation sites (N-methyl/N-ethyl adjacent to an activating group) is 1. The zero-order valence-electron chi connectivity index (χ0n) is 16.0. The number of hydrogen-bond acceptors (Lipinski definition) is 3. The zero-order valence-corrected chi connectivity index (χ0v) is 16.0. The molecule has 0 radical (unpaired) electrons. The first-order chi connectivity index (χ1) is 12.1. The van der Waals surface area contributed by atoms with Crippen LogP contribution in [-0.2, 0) is 19.4 Å². The number of aromatic nitrogens is 1. The SMILES string of the molecule is Cc1cc2c(cc1C)CN(CCCN(C)CCc1cccnc1)CC2. The summed E-state index contributed by atoms with van der Waals surface area (Å²) in [7, 11) is 2.23. The minimum absolute atomic E-state index is 1.08. The Morgan fingerprint density at radius 1 is 1.12 bits per heavy atom. The molecule has 0 spiro atoms. The van der Waals surface area contributed by atoms with Crippen molar-refractivity contribution in [3.63, 3.8) is 0 Å². The number of aryl methyl sites for hydroxylation is 2. The van der Waals surface area contributed by atoms with Crippen LogP contribution in [0.1, 0.15) is 34.2 Å². The van der Waals surface area contributed by atoms with E-state index in [-0.39, 0.29) is 0 Å². The molecular formula is C22H31N3. The summed E-state index contributed by atoms with van der Waals surface area (Å²) in [5.41, 5.74) is 7.29. The van der Waals surface area contributed by atoms with Crippen LogP contribution in [0.3, 0.4) is 0 Å². The second-order valence-corrected chi connectivity index (χ2v) is 7.50. The van der Waals surface area contributed by atoms with Gasteiger partial charge in [0.1, 0.15) is 0 Å². The molecule has 0 saturated heterocycles. The van der Waals surface area contributed by atoms with Gasteiger partial charge in [-0.25, -0.2) is 0 Å². The summed E-state index contributed by atoms with van der Waals surface area (Å²) >= 11 is 0. The lowest BCUT2D eigenvalue weighted by atomic mass is 9.94. The highest BCUT2D eigenvalue weighted by Crippen LogP contribution is 2.22. The van der Waals surface area contributed by atoms with Crippen LogP contribution in [0, 0.1) is 13.8 Å². The maximum atomic E-state index is 4.19. The second kappa shape index (κ2) is 8.59. The fourth-order valence-corrected chi connectivity index (χ4v) is 3.65. The molecule has 2 aromatic rings. The molecular weight excluding hydrogens is 306 g/mol. The molecule has 0 amide bonds. The van der Waals surface area contributed by atoms with Crippen molar-refractivity contribution in [1.29, 1.82) is 0 Å². The number of benzene rings is 1. The summed E-state index contributed by atoms with van der Waals surface area (Å²) < 4.78 is 0. The third-order valence-corrected chi connectivity index (χ3v) is 5.43. The van der Waals surface area contributed by atoms with E-state index < -0.39 is 0 Å². The molecule has 0 aliphatic carbocycles. The smallest absolute Gasteiger partial charge is 0.0300 e. The van der Waals surface area contributed by atoms with Gasteiger partial charge in [-0.15, -0.1) is 0 Å². The van der Waals surface area contributed by atoms with Gasteiger partial charge in [-0.2, -0.15) is 0 Å². The highest BCUT2D eigenvalue weighted by atomic mass is 15.1. The fourth-order valence-electron chi connectivity index (χ4n) is 3.65. The van der Waals surface area contributed by atoms with Crippen molar-refractivity contribution in [1.82, 2.24) is 14.8 Å². The molecule has 1 aliphatic heterocycles. The highest BCUT2D eigenvalue weighted by molar-refractivity contribution is 5.38. The maximum Gasteiger partial charge on any atom is 0.0300 e.